The zero-order valence-corrected chi connectivity index (χ0v) is 9.25. The summed E-state index contributed by atoms with van der Waals surface area (Å²) in [6.45, 7) is 13.4. The third kappa shape index (κ3) is 15.2. The molecule has 0 bridgehead atoms. The highest BCUT2D eigenvalue weighted by Gasteiger charge is 1.99. The minimum absolute atomic E-state index is 0.329. The van der Waals surface area contributed by atoms with Gasteiger partial charge in [-0.25, -0.2) is 4.79 Å². The Bertz CT molecular complexity index is 231. The molecule has 0 aromatic heterocycles. The average molecular weight is 213 g/mol. The molecule has 0 aliphatic rings. The summed E-state index contributed by atoms with van der Waals surface area (Å²) in [5, 5.41) is 0. The van der Waals surface area contributed by atoms with Gasteiger partial charge in [-0.05, 0) is 20.3 Å². The van der Waals surface area contributed by atoms with Gasteiger partial charge in [0, 0.05) is 12.5 Å². The van der Waals surface area contributed by atoms with Gasteiger partial charge in [0.15, 0.2) is 0 Å². The molecule has 85 valence electrons. The van der Waals surface area contributed by atoms with E-state index in [4.69, 9.17) is 0 Å². The summed E-state index contributed by atoms with van der Waals surface area (Å²) in [6.07, 6.45) is 1.71. The number of carbonyl (C=O) groups is 2. The van der Waals surface area contributed by atoms with Crippen molar-refractivity contribution in [1.82, 2.24) is 0 Å². The van der Waals surface area contributed by atoms with Gasteiger partial charge < -0.3 is 9.47 Å². The van der Waals surface area contributed by atoms with Crippen LogP contribution in [-0.2, 0) is 19.1 Å². The molecule has 0 aliphatic heterocycles. The molecule has 0 atom stereocenters. The maximum absolute atomic E-state index is 10.6. The fraction of sp³-hybridized carbons (Fsp3) is 0.364. The molecule has 0 aromatic carbocycles. The van der Waals surface area contributed by atoms with Crippen LogP contribution in [0.1, 0.15) is 20.3 Å². The Morgan fingerprint density at radius 1 is 1.33 bits per heavy atom. The first-order valence-corrected chi connectivity index (χ1v) is 4.35. The lowest BCUT2D eigenvalue weighted by Crippen LogP contribution is -2.04. The molecule has 0 rings (SSSR count). The van der Waals surface area contributed by atoms with E-state index in [1.54, 1.807) is 6.92 Å². The second-order valence-electron chi connectivity index (χ2n) is 2.55. The van der Waals surface area contributed by atoms with Gasteiger partial charge in [0.05, 0.1) is 12.9 Å². The number of esters is 2. The van der Waals surface area contributed by atoms with Gasteiger partial charge in [-0.3, -0.25) is 4.79 Å². The van der Waals surface area contributed by atoms with Crippen molar-refractivity contribution in [3.8, 4) is 0 Å². The quantitative estimate of drug-likeness (QED) is 0.407. The highest BCUT2D eigenvalue weighted by atomic mass is 16.5. The van der Waals surface area contributed by atoms with E-state index < -0.39 is 0 Å². The highest BCUT2D eigenvalue weighted by molar-refractivity contribution is 5.86. The molecule has 1 radical (unpaired) electrons. The van der Waals surface area contributed by atoms with Crippen LogP contribution >= 0.6 is 0 Å². The molecule has 0 aliphatic carbocycles. The van der Waals surface area contributed by atoms with Crippen molar-refractivity contribution in [3.63, 3.8) is 0 Å². The van der Waals surface area contributed by atoms with E-state index in [9.17, 15) is 9.59 Å². The van der Waals surface area contributed by atoms with Gasteiger partial charge in [-0.15, -0.1) is 0 Å². The van der Waals surface area contributed by atoms with Crippen LogP contribution in [0.3, 0.4) is 0 Å². The standard InChI is InChI=1S/C7H11O2.C4H6O2/c1-4-5-9-7(8)6(2)3;1-3-6-4(2)5/h1-2,4-5H2,3H3;3H,1H2,2H3. The van der Waals surface area contributed by atoms with Crippen molar-refractivity contribution in [2.75, 3.05) is 6.61 Å². The number of ether oxygens (including phenoxy) is 2. The molecule has 4 heteroatoms. The van der Waals surface area contributed by atoms with E-state index >= 15 is 0 Å². The van der Waals surface area contributed by atoms with E-state index in [0.717, 1.165) is 6.26 Å². The molecule has 0 spiro atoms. The molecule has 4 nitrogen and oxygen atoms in total. The SMILES string of the molecule is C=COC(C)=O.[CH2]CCOC(=O)C(=C)C. The van der Waals surface area contributed by atoms with Gasteiger partial charge in [0.1, 0.15) is 0 Å². The zero-order valence-electron chi connectivity index (χ0n) is 9.25. The Morgan fingerprint density at radius 2 is 1.87 bits per heavy atom. The van der Waals surface area contributed by atoms with Crippen LogP contribution in [-0.4, -0.2) is 18.5 Å². The Hall–Kier alpha value is -1.58. The summed E-state index contributed by atoms with van der Waals surface area (Å²) >= 11 is 0. The van der Waals surface area contributed by atoms with Gasteiger partial charge in [0.2, 0.25) is 0 Å². The number of hydrogen-bond donors (Lipinski definition) is 0. The summed E-state index contributed by atoms with van der Waals surface area (Å²) in [6, 6.07) is 0. The maximum atomic E-state index is 10.6. The minimum Gasteiger partial charge on any atom is -0.462 e. The highest BCUT2D eigenvalue weighted by Crippen LogP contribution is 1.91. The molecule has 0 N–H and O–H groups in total. The topological polar surface area (TPSA) is 52.6 Å². The molecule has 15 heavy (non-hydrogen) atoms. The van der Waals surface area contributed by atoms with E-state index in [1.165, 1.54) is 6.92 Å². The first kappa shape index (κ1) is 15.9. The summed E-state index contributed by atoms with van der Waals surface area (Å²) in [5.41, 5.74) is 0.434. The molecular formula is C11H17O4. The van der Waals surface area contributed by atoms with Crippen LogP contribution in [0.2, 0.25) is 0 Å². The number of hydrogen-bond acceptors (Lipinski definition) is 4. The van der Waals surface area contributed by atoms with Crippen LogP contribution in [0.25, 0.3) is 0 Å². The molecule has 0 unspecified atom stereocenters. The zero-order chi connectivity index (χ0) is 12.3. The maximum Gasteiger partial charge on any atom is 0.333 e. The van der Waals surface area contributed by atoms with E-state index in [2.05, 4.69) is 29.6 Å². The van der Waals surface area contributed by atoms with Crippen LogP contribution < -0.4 is 0 Å². The van der Waals surface area contributed by atoms with Crippen LogP contribution in [0.15, 0.2) is 25.0 Å². The Labute approximate surface area is 90.6 Å². The van der Waals surface area contributed by atoms with Gasteiger partial charge in [-0.1, -0.05) is 13.2 Å². The van der Waals surface area contributed by atoms with E-state index in [-0.39, 0.29) is 11.9 Å². The number of rotatable bonds is 4. The first-order chi connectivity index (χ1) is 6.95. The summed E-state index contributed by atoms with van der Waals surface area (Å²) < 4.78 is 8.82. The minimum atomic E-state index is -0.335. The Kier molecular flexibility index (Phi) is 11.1. The summed E-state index contributed by atoms with van der Waals surface area (Å²) in [7, 11) is 0. The Morgan fingerprint density at radius 3 is 2.07 bits per heavy atom. The third-order valence-electron chi connectivity index (χ3n) is 0.975. The molecule has 0 saturated carbocycles. The average Bonchev–Trinajstić information content (AvgIpc) is 2.14. The molecule has 0 heterocycles. The first-order valence-electron chi connectivity index (χ1n) is 4.35. The second-order valence-corrected chi connectivity index (χ2v) is 2.55. The Balaban J connectivity index is 0. The molecule has 0 amide bonds. The lowest BCUT2D eigenvalue weighted by molar-refractivity contribution is -0.139. The molecule has 0 aromatic rings. The van der Waals surface area contributed by atoms with Crippen LogP contribution in [0, 0.1) is 6.92 Å². The number of carbonyl (C=O) groups excluding carboxylic acids is 2. The van der Waals surface area contributed by atoms with Crippen LogP contribution in [0.4, 0.5) is 0 Å². The molecular weight excluding hydrogens is 196 g/mol. The summed E-state index contributed by atoms with van der Waals surface area (Å²) in [4.78, 5) is 20.3. The van der Waals surface area contributed by atoms with Gasteiger partial charge in [-0.2, -0.15) is 0 Å². The van der Waals surface area contributed by atoms with Crippen molar-refractivity contribution in [1.29, 1.82) is 0 Å². The second kappa shape index (κ2) is 10.5. The van der Waals surface area contributed by atoms with Gasteiger partial charge in [0.25, 0.3) is 0 Å². The monoisotopic (exact) mass is 213 g/mol. The summed E-state index contributed by atoms with van der Waals surface area (Å²) in [5.74, 6) is -0.663. The predicted octanol–water partition coefficient (Wildman–Crippen LogP) is 2.02. The lowest BCUT2D eigenvalue weighted by Gasteiger charge is -1.99. The predicted molar refractivity (Wildman–Crippen MR) is 57.7 cm³/mol. The van der Waals surface area contributed by atoms with Crippen molar-refractivity contribution < 1.29 is 19.1 Å². The largest absolute Gasteiger partial charge is 0.462 e. The van der Waals surface area contributed by atoms with Crippen molar-refractivity contribution in [2.45, 2.75) is 20.3 Å². The van der Waals surface area contributed by atoms with Gasteiger partial charge >= 0.3 is 11.9 Å². The molecule has 0 saturated heterocycles. The van der Waals surface area contributed by atoms with Crippen molar-refractivity contribution in [2.24, 2.45) is 0 Å². The van der Waals surface area contributed by atoms with Crippen molar-refractivity contribution in [3.05, 3.63) is 31.9 Å². The smallest absolute Gasteiger partial charge is 0.333 e. The van der Waals surface area contributed by atoms with Crippen molar-refractivity contribution >= 4 is 11.9 Å². The lowest BCUT2D eigenvalue weighted by atomic mass is 10.4. The van der Waals surface area contributed by atoms with E-state index in [0.29, 0.717) is 18.6 Å². The van der Waals surface area contributed by atoms with E-state index in [1.807, 2.05) is 0 Å². The normalized spacial score (nSPS) is 7.93. The van der Waals surface area contributed by atoms with Crippen LogP contribution in [0.5, 0.6) is 0 Å². The third-order valence-corrected chi connectivity index (χ3v) is 0.975. The fourth-order valence-corrected chi connectivity index (χ4v) is 0.405. The fourth-order valence-electron chi connectivity index (χ4n) is 0.405. The molecule has 0 fully saturated rings.